The zero-order chi connectivity index (χ0) is 17.6. The number of nitrogens with zero attached hydrogens (tertiary/aromatic N) is 1. The average molecular weight is 346 g/mol. The van der Waals surface area contributed by atoms with Gasteiger partial charge in [-0.15, -0.1) is 0 Å². The number of rotatable bonds is 4. The van der Waals surface area contributed by atoms with Gasteiger partial charge in [0.05, 0.1) is 13.2 Å². The quantitative estimate of drug-likeness (QED) is 0.923. The highest BCUT2D eigenvalue weighted by Crippen LogP contribution is 2.22. The van der Waals surface area contributed by atoms with Crippen LogP contribution in [0.15, 0.2) is 48.5 Å². The lowest BCUT2D eigenvalue weighted by Gasteiger charge is -2.33. The summed E-state index contributed by atoms with van der Waals surface area (Å²) in [6, 6.07) is 12.2. The van der Waals surface area contributed by atoms with Gasteiger partial charge in [-0.2, -0.15) is 0 Å². The second-order valence-electron chi connectivity index (χ2n) is 5.97. The van der Waals surface area contributed by atoms with Crippen molar-refractivity contribution in [1.82, 2.24) is 10.2 Å². The molecule has 3 rings (SSSR count). The second kappa shape index (κ2) is 8.07. The van der Waals surface area contributed by atoms with Gasteiger partial charge in [-0.05, 0) is 41.8 Å². The molecule has 4 nitrogen and oxygen atoms in total. The molecule has 0 bridgehead atoms. The van der Waals surface area contributed by atoms with Crippen LogP contribution in [0.1, 0.15) is 17.2 Å². The molecule has 1 heterocycles. The molecule has 6 heteroatoms. The van der Waals surface area contributed by atoms with Gasteiger partial charge in [0.15, 0.2) is 0 Å². The number of carbonyl (C=O) groups is 1. The molecule has 2 aromatic carbocycles. The van der Waals surface area contributed by atoms with E-state index < -0.39 is 0 Å². The van der Waals surface area contributed by atoms with Crippen LogP contribution in [0.3, 0.4) is 0 Å². The van der Waals surface area contributed by atoms with E-state index in [1.165, 1.54) is 24.3 Å². The third-order valence-electron chi connectivity index (χ3n) is 4.20. The normalized spacial score (nSPS) is 17.4. The van der Waals surface area contributed by atoms with Crippen molar-refractivity contribution in [3.05, 3.63) is 71.3 Å². The molecule has 0 aromatic heterocycles. The van der Waals surface area contributed by atoms with Crippen LogP contribution in [0, 0.1) is 11.6 Å². The number of hydrogen-bond acceptors (Lipinski definition) is 2. The predicted molar refractivity (Wildman–Crippen MR) is 90.2 cm³/mol. The van der Waals surface area contributed by atoms with E-state index in [0.717, 1.165) is 11.1 Å². The van der Waals surface area contributed by atoms with Crippen molar-refractivity contribution in [1.29, 1.82) is 0 Å². The van der Waals surface area contributed by atoms with Gasteiger partial charge in [0.25, 0.3) is 0 Å². The van der Waals surface area contributed by atoms with E-state index in [4.69, 9.17) is 4.74 Å². The van der Waals surface area contributed by atoms with Crippen LogP contribution < -0.4 is 5.32 Å². The highest BCUT2D eigenvalue weighted by molar-refractivity contribution is 5.74. The summed E-state index contributed by atoms with van der Waals surface area (Å²) in [5, 5.41) is 2.87. The van der Waals surface area contributed by atoms with Gasteiger partial charge in [-0.25, -0.2) is 13.6 Å². The number of urea groups is 1. The Balaban J connectivity index is 1.49. The molecule has 1 unspecified atom stereocenters. The minimum absolute atomic E-state index is 0.155. The Labute approximate surface area is 145 Å². The minimum Gasteiger partial charge on any atom is -0.370 e. The van der Waals surface area contributed by atoms with Crippen molar-refractivity contribution < 1.29 is 18.3 Å². The topological polar surface area (TPSA) is 41.6 Å². The summed E-state index contributed by atoms with van der Waals surface area (Å²) >= 11 is 0. The lowest BCUT2D eigenvalue weighted by atomic mass is 10.1. The molecule has 1 fully saturated rings. The van der Waals surface area contributed by atoms with Crippen LogP contribution in [0.25, 0.3) is 0 Å². The van der Waals surface area contributed by atoms with E-state index in [0.29, 0.717) is 32.7 Å². The van der Waals surface area contributed by atoms with E-state index in [1.54, 1.807) is 29.2 Å². The van der Waals surface area contributed by atoms with E-state index >= 15 is 0 Å². The van der Waals surface area contributed by atoms with E-state index in [1.807, 2.05) is 0 Å². The zero-order valence-electron chi connectivity index (χ0n) is 13.8. The Morgan fingerprint density at radius 3 is 2.40 bits per heavy atom. The molecule has 1 aliphatic rings. The number of nitrogens with one attached hydrogen (secondary N) is 1. The maximum atomic E-state index is 13.0. The number of morpholine rings is 1. The third kappa shape index (κ3) is 4.76. The lowest BCUT2D eigenvalue weighted by molar-refractivity contribution is -0.0154. The maximum Gasteiger partial charge on any atom is 0.317 e. The fourth-order valence-corrected chi connectivity index (χ4v) is 2.79. The summed E-state index contributed by atoms with van der Waals surface area (Å²) in [4.78, 5) is 14.0. The van der Waals surface area contributed by atoms with Crippen molar-refractivity contribution in [2.75, 3.05) is 26.2 Å². The number of amides is 2. The summed E-state index contributed by atoms with van der Waals surface area (Å²) in [6.45, 7) is 1.85. The minimum atomic E-state index is -0.296. The molecule has 1 aliphatic heterocycles. The molecule has 2 amide bonds. The summed E-state index contributed by atoms with van der Waals surface area (Å²) in [5.41, 5.74) is 1.82. The molecular formula is C19H20F2N2O2. The van der Waals surface area contributed by atoms with Crippen molar-refractivity contribution >= 4 is 6.03 Å². The Bertz CT molecular complexity index is 704. The van der Waals surface area contributed by atoms with Gasteiger partial charge in [0.1, 0.15) is 17.7 Å². The van der Waals surface area contributed by atoms with Crippen LogP contribution in [0.2, 0.25) is 0 Å². The zero-order valence-corrected chi connectivity index (χ0v) is 13.8. The summed E-state index contributed by atoms with van der Waals surface area (Å²) in [5.74, 6) is -0.567. The highest BCUT2D eigenvalue weighted by Gasteiger charge is 2.25. The van der Waals surface area contributed by atoms with Crippen LogP contribution in [0.5, 0.6) is 0 Å². The van der Waals surface area contributed by atoms with Crippen molar-refractivity contribution in [3.8, 4) is 0 Å². The largest absolute Gasteiger partial charge is 0.370 e. The highest BCUT2D eigenvalue weighted by atomic mass is 19.1. The van der Waals surface area contributed by atoms with Gasteiger partial charge in [0.2, 0.25) is 0 Å². The fourth-order valence-electron chi connectivity index (χ4n) is 2.79. The number of hydrogen-bond donors (Lipinski definition) is 1. The Morgan fingerprint density at radius 1 is 1.08 bits per heavy atom. The van der Waals surface area contributed by atoms with Crippen LogP contribution in [-0.2, 0) is 11.2 Å². The third-order valence-corrected chi connectivity index (χ3v) is 4.20. The van der Waals surface area contributed by atoms with E-state index in [-0.39, 0.29) is 23.8 Å². The Hall–Kier alpha value is -2.47. The fraction of sp³-hybridized carbons (Fsp3) is 0.316. The number of benzene rings is 2. The molecular weight excluding hydrogens is 326 g/mol. The molecule has 132 valence electrons. The molecule has 0 spiro atoms. The first-order valence-corrected chi connectivity index (χ1v) is 8.26. The SMILES string of the molecule is O=C(NCCc1ccc(F)cc1)N1CCOC(c2ccc(F)cc2)C1. The standard InChI is InChI=1S/C19H20F2N2O2/c20-16-5-1-14(2-6-16)9-10-22-19(24)23-11-12-25-18(13-23)15-3-7-17(21)8-4-15/h1-8,18H,9-13H2,(H,22,24). The Morgan fingerprint density at radius 2 is 1.72 bits per heavy atom. The molecule has 25 heavy (non-hydrogen) atoms. The van der Waals surface area contributed by atoms with Gasteiger partial charge >= 0.3 is 6.03 Å². The summed E-state index contributed by atoms with van der Waals surface area (Å²) < 4.78 is 31.6. The number of ether oxygens (including phenoxy) is 1. The lowest BCUT2D eigenvalue weighted by Crippen LogP contribution is -2.47. The van der Waals surface area contributed by atoms with Crippen LogP contribution >= 0.6 is 0 Å². The predicted octanol–water partition coefficient (Wildman–Crippen LogP) is 3.29. The van der Waals surface area contributed by atoms with Gasteiger partial charge in [0, 0.05) is 13.1 Å². The molecule has 1 N–H and O–H groups in total. The second-order valence-corrected chi connectivity index (χ2v) is 5.97. The smallest absolute Gasteiger partial charge is 0.317 e. The molecule has 2 aromatic rings. The van der Waals surface area contributed by atoms with Crippen molar-refractivity contribution in [2.24, 2.45) is 0 Å². The maximum absolute atomic E-state index is 13.0. The number of carbonyl (C=O) groups excluding carboxylic acids is 1. The van der Waals surface area contributed by atoms with Crippen LogP contribution in [0.4, 0.5) is 13.6 Å². The average Bonchev–Trinajstić information content (AvgIpc) is 2.64. The van der Waals surface area contributed by atoms with E-state index in [9.17, 15) is 13.6 Å². The van der Waals surface area contributed by atoms with Crippen molar-refractivity contribution in [3.63, 3.8) is 0 Å². The molecule has 1 saturated heterocycles. The first kappa shape index (κ1) is 17.4. The van der Waals surface area contributed by atoms with Gasteiger partial charge < -0.3 is 15.0 Å². The molecule has 0 saturated carbocycles. The monoisotopic (exact) mass is 346 g/mol. The first-order valence-electron chi connectivity index (χ1n) is 8.26. The molecule has 1 atom stereocenters. The van der Waals surface area contributed by atoms with Crippen molar-refractivity contribution in [2.45, 2.75) is 12.5 Å². The summed E-state index contributed by atoms with van der Waals surface area (Å²) in [7, 11) is 0. The first-order chi connectivity index (χ1) is 12.1. The Kier molecular flexibility index (Phi) is 5.60. The number of halogens is 2. The van der Waals surface area contributed by atoms with Gasteiger partial charge in [-0.3, -0.25) is 0 Å². The van der Waals surface area contributed by atoms with Gasteiger partial charge in [-0.1, -0.05) is 24.3 Å². The van der Waals surface area contributed by atoms with Crippen LogP contribution in [-0.4, -0.2) is 37.2 Å². The summed E-state index contributed by atoms with van der Waals surface area (Å²) in [6.07, 6.45) is 0.384. The van der Waals surface area contributed by atoms with E-state index in [2.05, 4.69) is 5.32 Å². The molecule has 0 aliphatic carbocycles. The molecule has 0 radical (unpaired) electrons.